The molecule has 1 amide bonds. The van der Waals surface area contributed by atoms with Gasteiger partial charge in [0.1, 0.15) is 0 Å². The van der Waals surface area contributed by atoms with Gasteiger partial charge in [0.15, 0.2) is 0 Å². The van der Waals surface area contributed by atoms with E-state index in [0.717, 1.165) is 0 Å². The summed E-state index contributed by atoms with van der Waals surface area (Å²) in [5.74, 6) is -0.172. The van der Waals surface area contributed by atoms with Crippen molar-refractivity contribution >= 4 is 20.1 Å². The van der Waals surface area contributed by atoms with Gasteiger partial charge in [0.05, 0.1) is 16.6 Å². The lowest BCUT2D eigenvalue weighted by atomic mass is 10.0. The van der Waals surface area contributed by atoms with E-state index < -0.39 is 19.6 Å². The first-order chi connectivity index (χ1) is 13.6. The largest absolute Gasteiger partial charge is 0.796 e. The number of nitro benzene ring substituents is 1. The fourth-order valence-electron chi connectivity index (χ4n) is 2.88. The second-order valence-corrected chi connectivity index (χ2v) is 8.23. The number of rotatable bonds is 11. The van der Waals surface area contributed by atoms with E-state index in [2.05, 4.69) is 5.32 Å². The fraction of sp³-hybridized carbons (Fsp3) is 0.632. The third kappa shape index (κ3) is 7.09. The van der Waals surface area contributed by atoms with Crippen molar-refractivity contribution in [2.75, 3.05) is 0 Å². The number of hydrogen-bond acceptors (Lipinski definition) is 6. The normalized spacial score (nSPS) is 14.2. The Balaban J connectivity index is 2.98. The van der Waals surface area contributed by atoms with Crippen molar-refractivity contribution in [2.45, 2.75) is 79.1 Å². The quantitative estimate of drug-likeness (QED) is 0.336. The average molecular weight is 413 g/mol. The highest BCUT2D eigenvalue weighted by molar-refractivity contribution is 7.42. The Hall–Kier alpha value is -1.60. The predicted molar refractivity (Wildman–Crippen MR) is 108 cm³/mol. The molecule has 1 aromatic rings. The molecule has 28 heavy (non-hydrogen) atoms. The second-order valence-electron chi connectivity index (χ2n) is 7.08. The van der Waals surface area contributed by atoms with Crippen LogP contribution in [-0.4, -0.2) is 27.6 Å². The summed E-state index contributed by atoms with van der Waals surface area (Å²) in [4.78, 5) is 35.4. The number of carbonyl (C=O) groups is 1. The van der Waals surface area contributed by atoms with E-state index in [-0.39, 0.29) is 43.5 Å². The zero-order valence-electron chi connectivity index (χ0n) is 18.2. The third-order valence-corrected chi connectivity index (χ3v) is 5.91. The van der Waals surface area contributed by atoms with Crippen molar-refractivity contribution in [3.8, 4) is 0 Å². The van der Waals surface area contributed by atoms with Gasteiger partial charge in [-0.15, -0.1) is 0 Å². The molecule has 1 rings (SSSR count). The number of benzene rings is 1. The molecule has 158 valence electrons. The van der Waals surface area contributed by atoms with E-state index in [1.165, 1.54) is 6.07 Å². The Bertz CT molecular complexity index is 682. The van der Waals surface area contributed by atoms with Crippen LogP contribution in [0.4, 0.5) is 5.69 Å². The summed E-state index contributed by atoms with van der Waals surface area (Å²) in [5.41, 5.74) is 0.870. The van der Waals surface area contributed by atoms with Crippen LogP contribution in [0.25, 0.3) is 0 Å². The van der Waals surface area contributed by atoms with Gasteiger partial charge in [0.2, 0.25) is 5.91 Å². The molecular weight excluding hydrogens is 381 g/mol. The van der Waals surface area contributed by atoms with Crippen molar-refractivity contribution in [1.82, 2.24) is 9.99 Å². The topological polar surface area (TPSA) is 108 Å². The molecule has 0 fully saturated rings. The Labute approximate surface area is 169 Å². The Morgan fingerprint density at radius 1 is 1.32 bits per heavy atom. The molecule has 0 heterocycles. The summed E-state index contributed by atoms with van der Waals surface area (Å²) < 4.78 is 14.5. The SMILES string of the molecule is [2H]CCCC(=O)NCc1ccc([N+](=O)[O-])c(C(C)OP([O-])N(C(C)C)C(C)C)c1. The maximum Gasteiger partial charge on any atom is 0.275 e. The molecule has 0 saturated carbocycles. The minimum Gasteiger partial charge on any atom is -0.796 e. The molecule has 0 aliphatic rings. The summed E-state index contributed by atoms with van der Waals surface area (Å²) in [5, 5.41) is 14.2. The minimum atomic E-state index is -2.18. The number of carbonyl (C=O) groups excluding carboxylic acids is 1. The number of amides is 1. The molecule has 2 unspecified atom stereocenters. The van der Waals surface area contributed by atoms with E-state index >= 15 is 0 Å². The molecule has 9 heteroatoms. The maximum absolute atomic E-state index is 12.7. The summed E-state index contributed by atoms with van der Waals surface area (Å²) in [6, 6.07) is 4.53. The zero-order valence-corrected chi connectivity index (χ0v) is 18.1. The highest BCUT2D eigenvalue weighted by Gasteiger charge is 2.24. The number of nitrogens with zero attached hydrogens (tertiary/aromatic N) is 2. The van der Waals surface area contributed by atoms with E-state index in [0.29, 0.717) is 17.5 Å². The second kappa shape index (κ2) is 11.4. The third-order valence-electron chi connectivity index (χ3n) is 4.12. The van der Waals surface area contributed by atoms with Gasteiger partial charge in [-0.1, -0.05) is 13.0 Å². The monoisotopic (exact) mass is 413 g/mol. The van der Waals surface area contributed by atoms with E-state index in [1.807, 2.05) is 27.7 Å². The van der Waals surface area contributed by atoms with Gasteiger partial charge in [-0.25, -0.2) is 0 Å². The van der Waals surface area contributed by atoms with Crippen molar-refractivity contribution in [1.29, 1.82) is 0 Å². The highest BCUT2D eigenvalue weighted by atomic mass is 31.2. The first kappa shape index (κ1) is 22.7. The van der Waals surface area contributed by atoms with Crippen LogP contribution in [0.15, 0.2) is 18.2 Å². The van der Waals surface area contributed by atoms with Crippen LogP contribution >= 0.6 is 8.53 Å². The lowest BCUT2D eigenvalue weighted by Crippen LogP contribution is -2.36. The van der Waals surface area contributed by atoms with Crippen LogP contribution in [0.3, 0.4) is 0 Å². The summed E-state index contributed by atoms with van der Waals surface area (Å²) in [6.45, 7) is 9.67. The molecule has 8 nitrogen and oxygen atoms in total. The van der Waals surface area contributed by atoms with Gasteiger partial charge in [-0.3, -0.25) is 19.6 Å². The summed E-state index contributed by atoms with van der Waals surface area (Å²) in [7, 11) is -2.18. The van der Waals surface area contributed by atoms with Crippen molar-refractivity contribution in [3.63, 3.8) is 0 Å². The van der Waals surface area contributed by atoms with Gasteiger partial charge in [-0.05, 0) is 52.7 Å². The van der Waals surface area contributed by atoms with Gasteiger partial charge in [0.25, 0.3) is 5.69 Å². The number of nitro groups is 1. The summed E-state index contributed by atoms with van der Waals surface area (Å²) >= 11 is 0. The molecule has 2 atom stereocenters. The molecule has 0 bridgehead atoms. The molecule has 0 saturated heterocycles. The van der Waals surface area contributed by atoms with Crippen LogP contribution in [0, 0.1) is 10.1 Å². The standard InChI is InChI=1S/C19H31N3O5P/c1-7-8-19(23)20-12-16-9-10-18(22(24)25)17(11-16)15(6)27-28(26)21(13(2)3)14(4)5/h9-11,13-15H,7-8,12H2,1-6H3,(H,20,23)/q-1/i1D. The first-order valence-electron chi connectivity index (χ1n) is 10.0. The van der Waals surface area contributed by atoms with E-state index in [1.54, 1.807) is 23.7 Å². The fourth-order valence-corrected chi connectivity index (χ4v) is 4.12. The van der Waals surface area contributed by atoms with Crippen molar-refractivity contribution in [2.24, 2.45) is 0 Å². The van der Waals surface area contributed by atoms with Crippen LogP contribution in [0.2, 0.25) is 0 Å². The predicted octanol–water partition coefficient (Wildman–Crippen LogP) is 3.79. The lowest BCUT2D eigenvalue weighted by molar-refractivity contribution is -0.386. The van der Waals surface area contributed by atoms with Gasteiger partial charge in [-0.2, -0.15) is 0 Å². The zero-order chi connectivity index (χ0) is 22.1. The molecule has 0 spiro atoms. The van der Waals surface area contributed by atoms with Crippen LogP contribution in [-0.2, 0) is 15.9 Å². The Morgan fingerprint density at radius 3 is 2.50 bits per heavy atom. The Kier molecular flexibility index (Phi) is 9.25. The molecular formula is C19H31N3O5P-. The van der Waals surface area contributed by atoms with Crippen LogP contribution < -0.4 is 10.2 Å². The van der Waals surface area contributed by atoms with Crippen LogP contribution in [0.1, 0.15) is 73.0 Å². The maximum atomic E-state index is 12.7. The molecule has 1 N–H and O–H groups in total. The van der Waals surface area contributed by atoms with E-state index in [4.69, 9.17) is 5.89 Å². The van der Waals surface area contributed by atoms with E-state index in [9.17, 15) is 19.8 Å². The van der Waals surface area contributed by atoms with Gasteiger partial charge >= 0.3 is 0 Å². The number of nitrogens with one attached hydrogen (secondary N) is 1. The van der Waals surface area contributed by atoms with Crippen molar-refractivity contribution in [3.05, 3.63) is 39.4 Å². The highest BCUT2D eigenvalue weighted by Crippen LogP contribution is 2.43. The first-order valence-corrected chi connectivity index (χ1v) is 10.5. The smallest absolute Gasteiger partial charge is 0.275 e. The Morgan fingerprint density at radius 2 is 1.96 bits per heavy atom. The lowest BCUT2D eigenvalue weighted by Gasteiger charge is -2.42. The average Bonchev–Trinajstić information content (AvgIpc) is 2.63. The minimum absolute atomic E-state index is 0.00827. The van der Waals surface area contributed by atoms with Crippen molar-refractivity contribution < 1.29 is 20.5 Å². The molecule has 0 aliphatic carbocycles. The molecule has 0 radical (unpaired) electrons. The van der Waals surface area contributed by atoms with Crippen LogP contribution in [0.5, 0.6) is 0 Å². The molecule has 0 aromatic heterocycles. The molecule has 0 aliphatic heterocycles. The molecule has 1 aromatic carbocycles. The van der Waals surface area contributed by atoms with Gasteiger partial charge in [0, 0.05) is 41.0 Å². The number of hydrogen-bond donors (Lipinski definition) is 1. The summed E-state index contributed by atoms with van der Waals surface area (Å²) in [6.07, 6.45) is -0.0147. The van der Waals surface area contributed by atoms with Gasteiger partial charge < -0.3 is 14.7 Å².